The highest BCUT2D eigenvalue weighted by Gasteiger charge is 2.60. The van der Waals surface area contributed by atoms with Crippen molar-refractivity contribution in [3.63, 3.8) is 0 Å². The number of rotatable bonds is 1. The third-order valence-corrected chi connectivity index (χ3v) is 11.5. The Morgan fingerprint density at radius 1 is 0.969 bits per heavy atom. The van der Waals surface area contributed by atoms with Gasteiger partial charge in [0.15, 0.2) is 5.71 Å². The highest BCUT2D eigenvalue weighted by atomic mass is 28.3. The third kappa shape index (κ3) is 2.68. The summed E-state index contributed by atoms with van der Waals surface area (Å²) >= 11 is 0. The Kier molecular flexibility index (Phi) is 4.26. The maximum absolute atomic E-state index is 6.81. The Morgan fingerprint density at radius 2 is 1.59 bits per heavy atom. The first-order valence-corrected chi connectivity index (χ1v) is 14.5. The van der Waals surface area contributed by atoms with Crippen LogP contribution in [0.15, 0.2) is 41.1 Å². The fraction of sp³-hybridized carbons (Fsp3) is 0.480. The molecule has 5 nitrogen and oxygen atoms in total. The average Bonchev–Trinajstić information content (AvgIpc) is 3.08. The predicted octanol–water partition coefficient (Wildman–Crippen LogP) is 2.92. The molecule has 1 aliphatic carbocycles. The maximum atomic E-state index is 6.81. The minimum atomic E-state index is -2.09. The number of benzene rings is 1. The number of allylic oxidation sites excluding steroid dienone is 5. The molecule has 1 aromatic rings. The number of anilines is 1. The summed E-state index contributed by atoms with van der Waals surface area (Å²) in [6.45, 7) is 11.2. The van der Waals surface area contributed by atoms with Crippen molar-refractivity contribution in [2.24, 2.45) is 0 Å². The minimum Gasteiger partial charge on any atom is -0.666 e. The van der Waals surface area contributed by atoms with Crippen LogP contribution in [0.25, 0.3) is 5.76 Å². The molecule has 0 aromatic heterocycles. The van der Waals surface area contributed by atoms with Crippen molar-refractivity contribution in [3.05, 3.63) is 46.7 Å². The molecule has 4 aliphatic rings. The molecule has 0 atom stereocenters. The zero-order chi connectivity index (χ0) is 23.4. The van der Waals surface area contributed by atoms with Gasteiger partial charge in [-0.15, -0.1) is 0 Å². The SMILES string of the molecule is CN(C)c1cc2c3c(c1)[Si](C)(C)C1=CC(=[N+](C)C)C=CC1=C3O[B-]21OC(C)(C)C(C)(C)O1. The molecule has 3 heterocycles. The fourth-order valence-electron chi connectivity index (χ4n) is 5.34. The molecule has 0 amide bonds. The highest BCUT2D eigenvalue weighted by Crippen LogP contribution is 2.50. The van der Waals surface area contributed by atoms with E-state index in [-0.39, 0.29) is 0 Å². The van der Waals surface area contributed by atoms with Crippen LogP contribution in [-0.4, -0.2) is 64.5 Å². The first-order chi connectivity index (χ1) is 14.7. The zero-order valence-corrected chi connectivity index (χ0v) is 22.1. The standard InChI is InChI=1S/C25H35BN2O3Si/c1-24(2)25(3,4)31-26(30-24)19-13-17(28(7)8)15-21-22(19)23(29-26)18-12-11-16(27(5)6)14-20(18)32(21,9)10/h11-15H,1-10H3. The Labute approximate surface area is 193 Å². The summed E-state index contributed by atoms with van der Waals surface area (Å²) in [6, 6.07) is 4.58. The molecule has 170 valence electrons. The van der Waals surface area contributed by atoms with E-state index in [0.29, 0.717) is 0 Å². The van der Waals surface area contributed by atoms with E-state index in [1.165, 1.54) is 27.2 Å². The Morgan fingerprint density at radius 3 is 2.16 bits per heavy atom. The zero-order valence-electron chi connectivity index (χ0n) is 21.1. The van der Waals surface area contributed by atoms with Crippen LogP contribution in [0.2, 0.25) is 13.1 Å². The van der Waals surface area contributed by atoms with Crippen molar-refractivity contribution in [1.82, 2.24) is 0 Å². The number of fused-ring (bicyclic) bond motifs is 2. The second kappa shape index (κ2) is 6.28. The van der Waals surface area contributed by atoms with Crippen LogP contribution in [-0.2, 0) is 14.0 Å². The van der Waals surface area contributed by atoms with Crippen LogP contribution >= 0.6 is 0 Å². The number of hydrogen-bond acceptors (Lipinski definition) is 4. The van der Waals surface area contributed by atoms with Crippen LogP contribution in [0, 0.1) is 0 Å². The lowest BCUT2D eigenvalue weighted by Gasteiger charge is -2.37. The van der Waals surface area contributed by atoms with E-state index < -0.39 is 26.0 Å². The van der Waals surface area contributed by atoms with Crippen LogP contribution in [0.5, 0.6) is 0 Å². The lowest BCUT2D eigenvalue weighted by molar-refractivity contribution is -0.462. The minimum absolute atomic E-state index is 0.480. The number of nitrogens with zero attached hydrogens (tertiary/aromatic N) is 2. The van der Waals surface area contributed by atoms with Gasteiger partial charge in [-0.25, -0.2) is 4.58 Å². The summed E-state index contributed by atoms with van der Waals surface area (Å²) in [4.78, 5) is 2.17. The van der Waals surface area contributed by atoms with Crippen molar-refractivity contribution in [3.8, 4) is 0 Å². The van der Waals surface area contributed by atoms with Gasteiger partial charge in [-0.1, -0.05) is 24.6 Å². The van der Waals surface area contributed by atoms with Gasteiger partial charge in [-0.2, -0.15) is 0 Å². The van der Waals surface area contributed by atoms with Crippen molar-refractivity contribution in [1.29, 1.82) is 0 Å². The topological polar surface area (TPSA) is 33.9 Å². The molecular formula is C25H35BN2O3Si. The summed E-state index contributed by atoms with van der Waals surface area (Å²) in [7, 11) is 6.36. The second-order valence-corrected chi connectivity index (χ2v) is 15.8. The van der Waals surface area contributed by atoms with Gasteiger partial charge in [-0.3, -0.25) is 0 Å². The van der Waals surface area contributed by atoms with Gasteiger partial charge < -0.3 is 18.9 Å². The summed E-state index contributed by atoms with van der Waals surface area (Å²) in [5.74, 6) is 0.918. The Balaban J connectivity index is 1.85. The molecule has 1 aromatic carbocycles. The quantitative estimate of drug-likeness (QED) is 0.487. The molecule has 5 rings (SSSR count). The lowest BCUT2D eigenvalue weighted by atomic mass is 9.69. The van der Waals surface area contributed by atoms with Crippen LogP contribution in [0.3, 0.4) is 0 Å². The molecule has 0 unspecified atom stereocenters. The molecule has 7 heteroatoms. The highest BCUT2D eigenvalue weighted by molar-refractivity contribution is 6.99. The van der Waals surface area contributed by atoms with Crippen LogP contribution < -0.4 is 15.5 Å². The van der Waals surface area contributed by atoms with E-state index in [4.69, 9.17) is 14.0 Å². The fourth-order valence-corrected chi connectivity index (χ4v) is 8.40. The van der Waals surface area contributed by atoms with E-state index >= 15 is 0 Å². The summed E-state index contributed by atoms with van der Waals surface area (Å²) in [6.07, 6.45) is 6.76. The van der Waals surface area contributed by atoms with Gasteiger partial charge in [0.2, 0.25) is 0 Å². The predicted molar refractivity (Wildman–Crippen MR) is 136 cm³/mol. The first-order valence-electron chi connectivity index (χ1n) is 11.5. The Bertz CT molecular complexity index is 1170. The molecule has 0 saturated carbocycles. The summed E-state index contributed by atoms with van der Waals surface area (Å²) in [5, 5.41) is 2.79. The monoisotopic (exact) mass is 450 g/mol. The van der Waals surface area contributed by atoms with Crippen LogP contribution in [0.1, 0.15) is 33.3 Å². The molecule has 32 heavy (non-hydrogen) atoms. The van der Waals surface area contributed by atoms with Crippen molar-refractivity contribution in [2.75, 3.05) is 33.1 Å². The second-order valence-electron chi connectivity index (χ2n) is 11.4. The smallest absolute Gasteiger partial charge is 0.467 e. The molecule has 1 fully saturated rings. The maximum Gasteiger partial charge on any atom is 0.467 e. The largest absolute Gasteiger partial charge is 0.666 e. The molecule has 0 radical (unpaired) electrons. The van der Waals surface area contributed by atoms with E-state index in [9.17, 15) is 0 Å². The van der Waals surface area contributed by atoms with E-state index in [2.05, 4.69) is 109 Å². The van der Waals surface area contributed by atoms with Crippen molar-refractivity contribution < 1.29 is 18.5 Å². The van der Waals surface area contributed by atoms with Gasteiger partial charge in [0.25, 0.3) is 0 Å². The van der Waals surface area contributed by atoms with Crippen molar-refractivity contribution in [2.45, 2.75) is 52.0 Å². The van der Waals surface area contributed by atoms with E-state index in [1.54, 1.807) is 0 Å². The lowest BCUT2D eigenvalue weighted by Crippen LogP contribution is -2.54. The number of hydrogen-bond donors (Lipinski definition) is 0. The Hall–Kier alpha value is -2.09. The van der Waals surface area contributed by atoms with Gasteiger partial charge >= 0.3 is 6.75 Å². The van der Waals surface area contributed by atoms with Gasteiger partial charge in [0.05, 0.1) is 5.76 Å². The van der Waals surface area contributed by atoms with E-state index in [1.807, 2.05) is 0 Å². The molecule has 1 saturated heterocycles. The summed E-state index contributed by atoms with van der Waals surface area (Å²) in [5.41, 5.74) is 4.86. The van der Waals surface area contributed by atoms with Crippen LogP contribution in [0.4, 0.5) is 5.69 Å². The normalized spacial score (nSPS) is 24.8. The molecule has 0 N–H and O–H groups in total. The molecule has 3 aliphatic heterocycles. The molecule has 1 spiro atoms. The average molecular weight is 450 g/mol. The molecule has 0 bridgehead atoms. The van der Waals surface area contributed by atoms with Gasteiger partial charge in [0, 0.05) is 48.7 Å². The third-order valence-electron chi connectivity index (χ3n) is 8.01. The van der Waals surface area contributed by atoms with Gasteiger partial charge in [-0.05, 0) is 55.8 Å². The summed E-state index contributed by atoms with van der Waals surface area (Å²) < 4.78 is 22.4. The first kappa shape index (κ1) is 21.7. The van der Waals surface area contributed by atoms with Crippen molar-refractivity contribution >= 4 is 42.6 Å². The van der Waals surface area contributed by atoms with Gasteiger partial charge in [0.1, 0.15) is 22.2 Å². The van der Waals surface area contributed by atoms with E-state index in [0.717, 1.165) is 16.9 Å². The molecular weight excluding hydrogens is 415 g/mol.